The van der Waals surface area contributed by atoms with E-state index in [2.05, 4.69) is 144 Å². The lowest BCUT2D eigenvalue weighted by Crippen LogP contribution is -2.04. The molecule has 0 spiro atoms. The van der Waals surface area contributed by atoms with Crippen molar-refractivity contribution in [2.75, 3.05) is 5.32 Å². The van der Waals surface area contributed by atoms with E-state index in [-0.39, 0.29) is 5.92 Å². The molecule has 4 aromatic carbocycles. The van der Waals surface area contributed by atoms with Crippen LogP contribution in [0.1, 0.15) is 29.0 Å². The van der Waals surface area contributed by atoms with E-state index in [0.717, 1.165) is 44.2 Å². The molecule has 0 aliphatic carbocycles. The second kappa shape index (κ2) is 10.00. The molecule has 0 bridgehead atoms. The van der Waals surface area contributed by atoms with Gasteiger partial charge in [-0.3, -0.25) is 0 Å². The van der Waals surface area contributed by atoms with Crippen LogP contribution >= 0.6 is 31.9 Å². The van der Waals surface area contributed by atoms with Gasteiger partial charge in [-0.1, -0.05) is 68.3 Å². The van der Waals surface area contributed by atoms with Crippen molar-refractivity contribution in [3.05, 3.63) is 129 Å². The van der Waals surface area contributed by atoms with Gasteiger partial charge in [0.15, 0.2) is 0 Å². The van der Waals surface area contributed by atoms with Crippen molar-refractivity contribution in [2.24, 2.45) is 0 Å². The van der Waals surface area contributed by atoms with Crippen LogP contribution in [0, 0.1) is 0 Å². The number of anilines is 2. The second-order valence-electron chi connectivity index (χ2n) is 9.11. The van der Waals surface area contributed by atoms with Crippen molar-refractivity contribution < 1.29 is 0 Å². The average molecular weight is 599 g/mol. The van der Waals surface area contributed by atoms with Crippen LogP contribution in [0.4, 0.5) is 11.4 Å². The zero-order chi connectivity index (χ0) is 24.5. The SMILES string of the molecule is Brc1ccc2[nH]cc(C(CCc3ccccc3Nc3ccccc3)c3c[nH]c4ccc(Br)cc34)c2c1. The van der Waals surface area contributed by atoms with Crippen LogP contribution < -0.4 is 5.32 Å². The van der Waals surface area contributed by atoms with Gasteiger partial charge < -0.3 is 15.3 Å². The first-order valence-corrected chi connectivity index (χ1v) is 13.7. The van der Waals surface area contributed by atoms with Gasteiger partial charge in [0.25, 0.3) is 0 Å². The summed E-state index contributed by atoms with van der Waals surface area (Å²) < 4.78 is 2.18. The zero-order valence-corrected chi connectivity index (χ0v) is 22.7. The Morgan fingerprint density at radius 2 is 1.25 bits per heavy atom. The van der Waals surface area contributed by atoms with E-state index in [4.69, 9.17) is 0 Å². The monoisotopic (exact) mass is 597 g/mol. The molecule has 0 atom stereocenters. The largest absolute Gasteiger partial charge is 0.361 e. The Morgan fingerprint density at radius 3 is 1.89 bits per heavy atom. The fourth-order valence-electron chi connectivity index (χ4n) is 5.12. The molecule has 3 N–H and O–H groups in total. The standard InChI is InChI=1S/C31H25Br2N3/c32-21-11-14-30-25(16-21)27(18-34-30)24(28-19-35-31-15-12-22(33)17-26(28)31)13-10-20-6-4-5-9-29(20)36-23-7-2-1-3-8-23/h1-9,11-12,14-19,24,34-36H,10,13H2. The molecule has 3 nitrogen and oxygen atoms in total. The smallest absolute Gasteiger partial charge is 0.0457 e. The van der Waals surface area contributed by atoms with E-state index >= 15 is 0 Å². The van der Waals surface area contributed by atoms with E-state index in [1.54, 1.807) is 0 Å². The van der Waals surface area contributed by atoms with Crippen molar-refractivity contribution in [1.29, 1.82) is 0 Å². The van der Waals surface area contributed by atoms with Gasteiger partial charge in [-0.05, 0) is 84.1 Å². The van der Waals surface area contributed by atoms with Crippen molar-refractivity contribution in [3.63, 3.8) is 0 Å². The van der Waals surface area contributed by atoms with Crippen LogP contribution in [0.15, 0.2) is 112 Å². The second-order valence-corrected chi connectivity index (χ2v) is 10.9. The maximum Gasteiger partial charge on any atom is 0.0457 e. The molecule has 0 radical (unpaired) electrons. The maximum absolute atomic E-state index is 3.68. The summed E-state index contributed by atoms with van der Waals surface area (Å²) in [5.41, 5.74) is 8.53. The average Bonchev–Trinajstić information content (AvgIpc) is 3.50. The summed E-state index contributed by atoms with van der Waals surface area (Å²) in [5.74, 6) is 0.223. The normalized spacial score (nSPS) is 11.5. The van der Waals surface area contributed by atoms with Gasteiger partial charge in [0, 0.05) is 60.4 Å². The number of fused-ring (bicyclic) bond motifs is 2. The molecule has 178 valence electrons. The molecule has 0 aliphatic heterocycles. The van der Waals surface area contributed by atoms with Crippen LogP contribution in [0.5, 0.6) is 0 Å². The van der Waals surface area contributed by atoms with Crippen molar-refractivity contribution >= 4 is 65.0 Å². The number of benzene rings is 4. The first-order chi connectivity index (χ1) is 17.7. The van der Waals surface area contributed by atoms with Crippen LogP contribution in [0.2, 0.25) is 0 Å². The molecular weight excluding hydrogens is 574 g/mol. The maximum atomic E-state index is 3.68. The fraction of sp³-hybridized carbons (Fsp3) is 0.0968. The first-order valence-electron chi connectivity index (χ1n) is 12.1. The molecule has 0 unspecified atom stereocenters. The van der Waals surface area contributed by atoms with Crippen molar-refractivity contribution in [3.8, 4) is 0 Å². The molecule has 0 aliphatic rings. The number of para-hydroxylation sites is 2. The van der Waals surface area contributed by atoms with E-state index in [1.807, 2.05) is 6.07 Å². The van der Waals surface area contributed by atoms with Gasteiger partial charge in [0.2, 0.25) is 0 Å². The number of halogens is 2. The Balaban J connectivity index is 1.40. The van der Waals surface area contributed by atoms with Gasteiger partial charge in [0.05, 0.1) is 0 Å². The summed E-state index contributed by atoms with van der Waals surface area (Å²) in [5, 5.41) is 6.13. The van der Waals surface area contributed by atoms with E-state index in [9.17, 15) is 0 Å². The number of aryl methyl sites for hydroxylation is 1. The van der Waals surface area contributed by atoms with Crippen LogP contribution in [0.3, 0.4) is 0 Å². The topological polar surface area (TPSA) is 43.6 Å². The Hall–Kier alpha value is -3.28. The predicted octanol–water partition coefficient (Wildman–Crippen LogP) is 9.68. The summed E-state index contributed by atoms with van der Waals surface area (Å²) >= 11 is 7.36. The number of aromatic nitrogens is 2. The minimum Gasteiger partial charge on any atom is -0.361 e. The number of nitrogens with one attached hydrogen (secondary N) is 3. The number of rotatable bonds is 7. The minimum atomic E-state index is 0.223. The Kier molecular flexibility index (Phi) is 6.43. The highest BCUT2D eigenvalue weighted by Crippen LogP contribution is 2.39. The third kappa shape index (κ3) is 4.61. The third-order valence-electron chi connectivity index (χ3n) is 6.87. The number of H-pyrrole nitrogens is 2. The molecule has 6 aromatic rings. The minimum absolute atomic E-state index is 0.223. The fourth-order valence-corrected chi connectivity index (χ4v) is 5.84. The molecule has 36 heavy (non-hydrogen) atoms. The Labute approximate surface area is 227 Å². The number of hydrogen-bond acceptors (Lipinski definition) is 1. The summed E-state index contributed by atoms with van der Waals surface area (Å²) in [4.78, 5) is 7.01. The molecule has 6 rings (SSSR count). The van der Waals surface area contributed by atoms with Crippen molar-refractivity contribution in [2.45, 2.75) is 18.8 Å². The van der Waals surface area contributed by atoms with Gasteiger partial charge in [0.1, 0.15) is 0 Å². The Morgan fingerprint density at radius 1 is 0.667 bits per heavy atom. The predicted molar refractivity (Wildman–Crippen MR) is 158 cm³/mol. The number of hydrogen-bond donors (Lipinski definition) is 3. The zero-order valence-electron chi connectivity index (χ0n) is 19.6. The quantitative estimate of drug-likeness (QED) is 0.168. The Bertz CT molecular complexity index is 1570. The number of aromatic amines is 2. The molecule has 2 aromatic heterocycles. The van der Waals surface area contributed by atoms with Gasteiger partial charge >= 0.3 is 0 Å². The van der Waals surface area contributed by atoms with Gasteiger partial charge in [-0.15, -0.1) is 0 Å². The van der Waals surface area contributed by atoms with E-state index in [0.29, 0.717) is 0 Å². The van der Waals surface area contributed by atoms with Gasteiger partial charge in [-0.2, -0.15) is 0 Å². The molecule has 0 amide bonds. The lowest BCUT2D eigenvalue weighted by atomic mass is 9.85. The lowest BCUT2D eigenvalue weighted by molar-refractivity contribution is 0.725. The van der Waals surface area contributed by atoms with Crippen LogP contribution in [0.25, 0.3) is 21.8 Å². The van der Waals surface area contributed by atoms with E-state index in [1.165, 1.54) is 27.5 Å². The lowest BCUT2D eigenvalue weighted by Gasteiger charge is -2.19. The molecular formula is C31H25Br2N3. The molecule has 5 heteroatoms. The highest BCUT2D eigenvalue weighted by Gasteiger charge is 2.22. The first kappa shape index (κ1) is 23.1. The van der Waals surface area contributed by atoms with Crippen LogP contribution in [-0.2, 0) is 6.42 Å². The third-order valence-corrected chi connectivity index (χ3v) is 7.86. The van der Waals surface area contributed by atoms with E-state index < -0.39 is 0 Å². The summed E-state index contributed by atoms with van der Waals surface area (Å²) in [6, 6.07) is 31.9. The molecule has 0 saturated heterocycles. The highest BCUT2D eigenvalue weighted by molar-refractivity contribution is 9.10. The molecule has 0 fully saturated rings. The van der Waals surface area contributed by atoms with Gasteiger partial charge in [-0.25, -0.2) is 0 Å². The summed E-state index contributed by atoms with van der Waals surface area (Å²) in [7, 11) is 0. The van der Waals surface area contributed by atoms with Crippen LogP contribution in [-0.4, -0.2) is 9.97 Å². The molecule has 0 saturated carbocycles. The molecule has 2 heterocycles. The van der Waals surface area contributed by atoms with Crippen molar-refractivity contribution in [1.82, 2.24) is 9.97 Å². The highest BCUT2D eigenvalue weighted by atomic mass is 79.9. The summed E-state index contributed by atoms with van der Waals surface area (Å²) in [6.07, 6.45) is 6.30. The summed E-state index contributed by atoms with van der Waals surface area (Å²) in [6.45, 7) is 0.